The van der Waals surface area contributed by atoms with Crippen LogP contribution in [-0.2, 0) is 13.0 Å². The number of aliphatic hydroxyl groups excluding tert-OH is 1. The maximum atomic E-state index is 13.5. The van der Waals surface area contributed by atoms with Crippen LogP contribution in [0.15, 0.2) is 47.7 Å². The van der Waals surface area contributed by atoms with Crippen molar-refractivity contribution in [2.75, 3.05) is 24.6 Å². The van der Waals surface area contributed by atoms with E-state index in [0.29, 0.717) is 19.5 Å². The third-order valence-electron chi connectivity index (χ3n) is 7.77. The van der Waals surface area contributed by atoms with E-state index in [4.69, 9.17) is 10.1 Å². The van der Waals surface area contributed by atoms with Crippen LogP contribution < -0.4 is 15.9 Å². The zero-order valence-electron chi connectivity index (χ0n) is 21.2. The van der Waals surface area contributed by atoms with Gasteiger partial charge >= 0.3 is 11.8 Å². The molecular weight excluding hydrogens is 484 g/mol. The zero-order chi connectivity index (χ0) is 26.2. The van der Waals surface area contributed by atoms with Gasteiger partial charge < -0.3 is 20.4 Å². The number of nitrogens with zero attached hydrogens (tertiary/aromatic N) is 5. The van der Waals surface area contributed by atoms with Gasteiger partial charge in [-0.1, -0.05) is 6.07 Å². The first-order valence-electron chi connectivity index (χ1n) is 13.3. The Morgan fingerprint density at radius 2 is 1.97 bits per heavy atom. The van der Waals surface area contributed by atoms with Crippen molar-refractivity contribution in [1.82, 2.24) is 24.4 Å². The fourth-order valence-corrected chi connectivity index (χ4v) is 5.74. The van der Waals surface area contributed by atoms with Crippen LogP contribution in [0.3, 0.4) is 0 Å². The van der Waals surface area contributed by atoms with Gasteiger partial charge in [-0.2, -0.15) is 0 Å². The number of pyridine rings is 2. The van der Waals surface area contributed by atoms with Crippen LogP contribution in [0.1, 0.15) is 49.4 Å². The number of carboxylic acid groups (broad SMARTS) is 1. The second kappa shape index (κ2) is 10.1. The van der Waals surface area contributed by atoms with Gasteiger partial charge in [-0.25, -0.2) is 9.59 Å². The summed E-state index contributed by atoms with van der Waals surface area (Å²) in [7, 11) is 0. The lowest BCUT2D eigenvalue weighted by Gasteiger charge is -2.20. The predicted octanol–water partition coefficient (Wildman–Crippen LogP) is 3.29. The van der Waals surface area contributed by atoms with E-state index in [2.05, 4.69) is 33.4 Å². The van der Waals surface area contributed by atoms with E-state index >= 15 is 0 Å². The van der Waals surface area contributed by atoms with Crippen LogP contribution in [0.4, 0.5) is 10.5 Å². The van der Waals surface area contributed by atoms with Gasteiger partial charge in [-0.15, -0.1) is 0 Å². The lowest BCUT2D eigenvalue weighted by Crippen LogP contribution is -2.36. The SMILES string of the molecule is O=C(O)NC1CCN(c2ccc3c(CCCCO)c(Cn4c(=O)n(C5CC5)c5ccncc54)ncc3c2)C1. The number of nitrogens with one attached hydrogen (secondary N) is 1. The topological polar surface area (TPSA) is 126 Å². The number of carbonyl (C=O) groups is 1. The maximum absolute atomic E-state index is 13.5. The Balaban J connectivity index is 1.36. The summed E-state index contributed by atoms with van der Waals surface area (Å²) in [5.74, 6) is 0. The average molecular weight is 517 g/mol. The number of aryl methyl sites for hydroxylation is 1. The molecule has 1 atom stereocenters. The number of anilines is 1. The minimum absolute atomic E-state index is 0.0207. The molecule has 1 saturated heterocycles. The zero-order valence-corrected chi connectivity index (χ0v) is 21.2. The molecule has 3 aromatic heterocycles. The lowest BCUT2D eigenvalue weighted by atomic mass is 9.98. The van der Waals surface area contributed by atoms with E-state index in [9.17, 15) is 14.7 Å². The number of benzene rings is 1. The molecule has 1 aromatic carbocycles. The van der Waals surface area contributed by atoms with Crippen molar-refractivity contribution in [1.29, 1.82) is 0 Å². The first-order chi connectivity index (χ1) is 18.5. The van der Waals surface area contributed by atoms with Gasteiger partial charge in [0.15, 0.2) is 0 Å². The normalized spacial score (nSPS) is 17.5. The first-order valence-corrected chi connectivity index (χ1v) is 13.3. The predicted molar refractivity (Wildman–Crippen MR) is 145 cm³/mol. The highest BCUT2D eigenvalue weighted by Gasteiger charge is 2.29. The summed E-state index contributed by atoms with van der Waals surface area (Å²) in [6.07, 6.45) is 9.46. The highest BCUT2D eigenvalue weighted by atomic mass is 16.4. The molecule has 0 radical (unpaired) electrons. The Morgan fingerprint density at radius 1 is 1.11 bits per heavy atom. The van der Waals surface area contributed by atoms with Gasteiger partial charge in [0.1, 0.15) is 0 Å². The Kier molecular flexibility index (Phi) is 6.49. The largest absolute Gasteiger partial charge is 0.465 e. The monoisotopic (exact) mass is 516 g/mol. The third kappa shape index (κ3) is 4.60. The van der Waals surface area contributed by atoms with Crippen LogP contribution >= 0.6 is 0 Å². The molecule has 0 bridgehead atoms. The molecule has 38 heavy (non-hydrogen) atoms. The van der Waals surface area contributed by atoms with Gasteiger partial charge in [-0.05, 0) is 67.7 Å². The molecule has 4 aromatic rings. The van der Waals surface area contributed by atoms with Crippen molar-refractivity contribution in [3.8, 4) is 0 Å². The van der Waals surface area contributed by atoms with Crippen molar-refractivity contribution in [2.24, 2.45) is 0 Å². The molecule has 1 saturated carbocycles. The van der Waals surface area contributed by atoms with Crippen LogP contribution in [0.2, 0.25) is 0 Å². The van der Waals surface area contributed by atoms with Crippen molar-refractivity contribution in [2.45, 2.75) is 57.2 Å². The molecular formula is C28H32N6O4. The second-order valence-electron chi connectivity index (χ2n) is 10.4. The van der Waals surface area contributed by atoms with E-state index in [0.717, 1.165) is 77.4 Å². The summed E-state index contributed by atoms with van der Waals surface area (Å²) in [6.45, 7) is 1.92. The van der Waals surface area contributed by atoms with Gasteiger partial charge in [-0.3, -0.25) is 19.1 Å². The molecule has 4 heterocycles. The number of amides is 1. The molecule has 198 valence electrons. The highest BCUT2D eigenvalue weighted by Crippen LogP contribution is 2.36. The third-order valence-corrected chi connectivity index (χ3v) is 7.77. The summed E-state index contributed by atoms with van der Waals surface area (Å²) in [5.41, 5.74) is 4.71. The summed E-state index contributed by atoms with van der Waals surface area (Å²) in [4.78, 5) is 35.9. The number of fused-ring (bicyclic) bond motifs is 2. The quantitative estimate of drug-likeness (QED) is 0.292. The molecule has 3 N–H and O–H groups in total. The number of aromatic nitrogens is 4. The van der Waals surface area contributed by atoms with E-state index in [-0.39, 0.29) is 24.4 Å². The molecule has 1 aliphatic heterocycles. The maximum Gasteiger partial charge on any atom is 0.404 e. The minimum Gasteiger partial charge on any atom is -0.465 e. The molecule has 1 amide bonds. The standard InChI is InChI=1S/C28H32N6O4/c35-12-2-1-3-23-22-7-6-21(32-11-9-19(16-32)31-27(36)37)13-18(22)14-30-24(23)17-33-26-15-29-10-8-25(26)34(28(33)38)20-4-5-20/h6-8,10,13-15,19-20,31,35H,1-5,9,11-12,16-17H2,(H,36,37). The Morgan fingerprint density at radius 3 is 2.76 bits per heavy atom. The van der Waals surface area contributed by atoms with Crippen LogP contribution in [-0.4, -0.2) is 61.1 Å². The number of imidazole rings is 1. The summed E-state index contributed by atoms with van der Waals surface area (Å²) >= 11 is 0. The Bertz CT molecular complexity index is 1560. The fraction of sp³-hybridized carbons (Fsp3) is 0.429. The van der Waals surface area contributed by atoms with Crippen molar-refractivity contribution in [3.63, 3.8) is 0 Å². The molecule has 2 fully saturated rings. The lowest BCUT2D eigenvalue weighted by molar-refractivity contribution is 0.191. The van der Waals surface area contributed by atoms with Gasteiger partial charge in [0.25, 0.3) is 0 Å². The minimum atomic E-state index is -0.991. The van der Waals surface area contributed by atoms with Crippen molar-refractivity contribution in [3.05, 3.63) is 64.6 Å². The number of rotatable bonds is 9. The molecule has 0 spiro atoms. The van der Waals surface area contributed by atoms with E-state index in [1.54, 1.807) is 17.0 Å². The van der Waals surface area contributed by atoms with Crippen LogP contribution in [0.25, 0.3) is 21.8 Å². The second-order valence-corrected chi connectivity index (χ2v) is 10.4. The molecule has 1 unspecified atom stereocenters. The number of unbranched alkanes of at least 4 members (excludes halogenated alkanes) is 1. The first kappa shape index (κ1) is 24.4. The van der Waals surface area contributed by atoms with Gasteiger partial charge in [0.05, 0.1) is 35.5 Å². The summed E-state index contributed by atoms with van der Waals surface area (Å²) < 4.78 is 3.69. The van der Waals surface area contributed by atoms with E-state index in [1.165, 1.54) is 0 Å². The van der Waals surface area contributed by atoms with Crippen LogP contribution in [0, 0.1) is 0 Å². The van der Waals surface area contributed by atoms with E-state index in [1.807, 2.05) is 16.8 Å². The molecule has 2 aliphatic rings. The van der Waals surface area contributed by atoms with E-state index < -0.39 is 6.09 Å². The Labute approximate surface area is 219 Å². The van der Waals surface area contributed by atoms with Crippen molar-refractivity contribution >= 4 is 33.6 Å². The van der Waals surface area contributed by atoms with Crippen molar-refractivity contribution < 1.29 is 15.0 Å². The molecule has 10 heteroatoms. The number of aliphatic hydroxyl groups is 1. The molecule has 1 aliphatic carbocycles. The Hall–Kier alpha value is -3.92. The highest BCUT2D eigenvalue weighted by molar-refractivity contribution is 5.89. The van der Waals surface area contributed by atoms with Gasteiger partial charge in [0.2, 0.25) is 0 Å². The molecule has 10 nitrogen and oxygen atoms in total. The van der Waals surface area contributed by atoms with Crippen LogP contribution in [0.5, 0.6) is 0 Å². The smallest absolute Gasteiger partial charge is 0.404 e. The molecule has 6 rings (SSSR count). The fourth-order valence-electron chi connectivity index (χ4n) is 5.74. The average Bonchev–Trinajstić information content (AvgIpc) is 3.57. The van der Waals surface area contributed by atoms with Gasteiger partial charge in [0, 0.05) is 49.2 Å². The number of hydrogen-bond acceptors (Lipinski definition) is 6. The summed E-state index contributed by atoms with van der Waals surface area (Å²) in [5, 5.41) is 23.1. The number of hydrogen-bond donors (Lipinski definition) is 3. The summed E-state index contributed by atoms with van der Waals surface area (Å²) in [6, 6.07) is 8.40.